The van der Waals surface area contributed by atoms with Crippen LogP contribution >= 0.6 is 15.9 Å². The third-order valence-electron chi connectivity index (χ3n) is 4.21. The molecule has 0 aliphatic carbocycles. The summed E-state index contributed by atoms with van der Waals surface area (Å²) >= 11 is 3.38. The van der Waals surface area contributed by atoms with E-state index in [1.165, 1.54) is 12.1 Å². The summed E-state index contributed by atoms with van der Waals surface area (Å²) in [6.07, 6.45) is -3.77. The molecule has 128 valence electrons. The summed E-state index contributed by atoms with van der Waals surface area (Å²) in [6, 6.07) is 13.1. The van der Waals surface area contributed by atoms with Crippen LogP contribution in [-0.2, 0) is 12.6 Å². The molecule has 0 fully saturated rings. The summed E-state index contributed by atoms with van der Waals surface area (Å²) in [4.78, 5) is 0. The smallest absolute Gasteiger partial charge is 0.369 e. The van der Waals surface area contributed by atoms with Gasteiger partial charge in [-0.15, -0.1) is 0 Å². The Hall–Kier alpha value is -2.28. The molecule has 0 unspecified atom stereocenters. The first-order valence-corrected chi connectivity index (χ1v) is 8.53. The predicted octanol–water partition coefficient (Wildman–Crippen LogP) is 5.29. The highest BCUT2D eigenvalue weighted by atomic mass is 79.9. The van der Waals surface area contributed by atoms with Crippen molar-refractivity contribution in [1.82, 2.24) is 9.78 Å². The lowest BCUT2D eigenvalue weighted by Gasteiger charge is -2.11. The van der Waals surface area contributed by atoms with Crippen LogP contribution in [0.3, 0.4) is 0 Å². The third kappa shape index (κ3) is 2.82. The Bertz CT molecular complexity index is 930. The minimum Gasteiger partial charge on any atom is -0.369 e. The van der Waals surface area contributed by atoms with Gasteiger partial charge in [0.25, 0.3) is 0 Å². The Morgan fingerprint density at radius 2 is 1.76 bits per heavy atom. The second kappa shape index (κ2) is 5.91. The van der Waals surface area contributed by atoms with Crippen LogP contribution in [0.25, 0.3) is 16.9 Å². The van der Waals surface area contributed by atoms with Crippen molar-refractivity contribution in [3.63, 3.8) is 0 Å². The average Bonchev–Trinajstić information content (AvgIpc) is 3.17. The largest absolute Gasteiger partial charge is 0.417 e. The van der Waals surface area contributed by atoms with Crippen molar-refractivity contribution in [1.29, 1.82) is 0 Å². The van der Waals surface area contributed by atoms with Gasteiger partial charge in [-0.25, -0.2) is 4.68 Å². The Labute approximate surface area is 150 Å². The molecule has 4 rings (SSSR count). The van der Waals surface area contributed by atoms with Gasteiger partial charge < -0.3 is 5.32 Å². The maximum atomic E-state index is 13.4. The second-order valence-electron chi connectivity index (χ2n) is 5.78. The number of hydrogen-bond acceptors (Lipinski definition) is 2. The van der Waals surface area contributed by atoms with E-state index < -0.39 is 11.7 Å². The summed E-state index contributed by atoms with van der Waals surface area (Å²) in [6.45, 7) is 0.685. The maximum Gasteiger partial charge on any atom is 0.417 e. The van der Waals surface area contributed by atoms with E-state index in [1.54, 1.807) is 10.7 Å². The normalized spacial score (nSPS) is 13.6. The Kier molecular flexibility index (Phi) is 3.83. The average molecular weight is 408 g/mol. The topological polar surface area (TPSA) is 29.9 Å². The van der Waals surface area contributed by atoms with Crippen LogP contribution in [0.1, 0.15) is 11.1 Å². The fourth-order valence-corrected chi connectivity index (χ4v) is 3.36. The molecule has 25 heavy (non-hydrogen) atoms. The zero-order valence-electron chi connectivity index (χ0n) is 12.9. The molecule has 0 radical (unpaired) electrons. The zero-order valence-corrected chi connectivity index (χ0v) is 14.5. The second-order valence-corrected chi connectivity index (χ2v) is 6.70. The summed E-state index contributed by atoms with van der Waals surface area (Å²) in [5.74, 6) is 0.759. The van der Waals surface area contributed by atoms with E-state index in [2.05, 4.69) is 26.3 Å². The number of aromatic nitrogens is 2. The Morgan fingerprint density at radius 3 is 2.48 bits per heavy atom. The molecule has 0 bridgehead atoms. The number of fused-ring (bicyclic) bond motifs is 1. The standard InChI is InChI=1S/C18H13BrF3N3/c19-11-5-7-12(8-6-11)25-17-14(9-10-23-17)16(24-25)13-3-1-2-4-15(13)18(20,21)22/h1-8,23H,9-10H2. The SMILES string of the molecule is FC(F)(F)c1ccccc1-c1nn(-c2ccc(Br)cc2)c2c1CCN2. The number of benzene rings is 2. The molecule has 0 spiro atoms. The van der Waals surface area contributed by atoms with Gasteiger partial charge in [-0.2, -0.15) is 18.3 Å². The van der Waals surface area contributed by atoms with Crippen LogP contribution < -0.4 is 5.32 Å². The zero-order chi connectivity index (χ0) is 17.6. The quantitative estimate of drug-likeness (QED) is 0.625. The molecule has 0 amide bonds. The number of alkyl halides is 3. The maximum absolute atomic E-state index is 13.4. The highest BCUT2D eigenvalue weighted by molar-refractivity contribution is 9.10. The van der Waals surface area contributed by atoms with Gasteiger partial charge in [0.15, 0.2) is 0 Å². The molecule has 0 saturated carbocycles. The van der Waals surface area contributed by atoms with E-state index in [-0.39, 0.29) is 5.56 Å². The molecular formula is C18H13BrF3N3. The molecule has 3 nitrogen and oxygen atoms in total. The van der Waals surface area contributed by atoms with Crippen molar-refractivity contribution in [3.05, 3.63) is 64.1 Å². The van der Waals surface area contributed by atoms with Crippen molar-refractivity contribution in [2.75, 3.05) is 11.9 Å². The highest BCUT2D eigenvalue weighted by Crippen LogP contribution is 2.41. The van der Waals surface area contributed by atoms with Crippen molar-refractivity contribution in [2.24, 2.45) is 0 Å². The molecule has 1 aliphatic rings. The molecule has 3 aromatic rings. The van der Waals surface area contributed by atoms with E-state index in [0.29, 0.717) is 18.7 Å². The number of hydrogen-bond donors (Lipinski definition) is 1. The summed E-state index contributed by atoms with van der Waals surface area (Å²) in [7, 11) is 0. The Morgan fingerprint density at radius 1 is 1.04 bits per heavy atom. The van der Waals surface area contributed by atoms with Crippen LogP contribution in [0.5, 0.6) is 0 Å². The minimum atomic E-state index is -4.42. The first kappa shape index (κ1) is 16.2. The van der Waals surface area contributed by atoms with Crippen LogP contribution in [0.4, 0.5) is 19.0 Å². The van der Waals surface area contributed by atoms with Gasteiger partial charge in [-0.1, -0.05) is 34.1 Å². The predicted molar refractivity (Wildman–Crippen MR) is 93.9 cm³/mol. The number of rotatable bonds is 2. The molecule has 1 N–H and O–H groups in total. The minimum absolute atomic E-state index is 0.116. The molecule has 0 saturated heterocycles. The molecule has 7 heteroatoms. The molecule has 2 aromatic carbocycles. The van der Waals surface area contributed by atoms with Crippen molar-refractivity contribution in [2.45, 2.75) is 12.6 Å². The number of halogens is 4. The van der Waals surface area contributed by atoms with E-state index in [9.17, 15) is 13.2 Å². The van der Waals surface area contributed by atoms with E-state index >= 15 is 0 Å². The van der Waals surface area contributed by atoms with Gasteiger partial charge in [0.1, 0.15) is 5.82 Å². The Balaban J connectivity index is 1.91. The first-order valence-electron chi connectivity index (χ1n) is 7.73. The lowest BCUT2D eigenvalue weighted by atomic mass is 10.0. The fourth-order valence-electron chi connectivity index (χ4n) is 3.10. The number of nitrogens with one attached hydrogen (secondary N) is 1. The van der Waals surface area contributed by atoms with E-state index in [0.717, 1.165) is 27.6 Å². The third-order valence-corrected chi connectivity index (χ3v) is 4.74. The van der Waals surface area contributed by atoms with Crippen LogP contribution in [0, 0.1) is 0 Å². The summed E-state index contributed by atoms with van der Waals surface area (Å²) in [5, 5.41) is 7.75. The lowest BCUT2D eigenvalue weighted by molar-refractivity contribution is -0.137. The van der Waals surface area contributed by atoms with Gasteiger partial charge >= 0.3 is 6.18 Å². The van der Waals surface area contributed by atoms with Gasteiger partial charge in [0, 0.05) is 22.1 Å². The van der Waals surface area contributed by atoms with Gasteiger partial charge in [-0.05, 0) is 36.8 Å². The van der Waals surface area contributed by atoms with E-state index in [1.807, 2.05) is 24.3 Å². The monoisotopic (exact) mass is 407 g/mol. The molecule has 2 heterocycles. The first-order chi connectivity index (χ1) is 11.9. The van der Waals surface area contributed by atoms with Crippen LogP contribution in [0.15, 0.2) is 53.0 Å². The van der Waals surface area contributed by atoms with Gasteiger partial charge in [0.05, 0.1) is 16.9 Å². The number of anilines is 1. The number of nitrogens with zero attached hydrogens (tertiary/aromatic N) is 2. The highest BCUT2D eigenvalue weighted by Gasteiger charge is 2.35. The lowest BCUT2D eigenvalue weighted by Crippen LogP contribution is -2.08. The summed E-state index contributed by atoms with van der Waals surface area (Å²) < 4.78 is 42.8. The summed E-state index contributed by atoms with van der Waals surface area (Å²) in [5.41, 5.74) is 1.45. The van der Waals surface area contributed by atoms with Crippen LogP contribution in [0.2, 0.25) is 0 Å². The fraction of sp³-hybridized carbons (Fsp3) is 0.167. The van der Waals surface area contributed by atoms with Crippen molar-refractivity contribution >= 4 is 21.7 Å². The van der Waals surface area contributed by atoms with Gasteiger partial charge in [0.2, 0.25) is 0 Å². The van der Waals surface area contributed by atoms with E-state index in [4.69, 9.17) is 0 Å². The molecule has 0 atom stereocenters. The van der Waals surface area contributed by atoms with Gasteiger partial charge in [-0.3, -0.25) is 0 Å². The van der Waals surface area contributed by atoms with Crippen molar-refractivity contribution in [3.8, 4) is 16.9 Å². The molecular weight excluding hydrogens is 395 g/mol. The van der Waals surface area contributed by atoms with Crippen molar-refractivity contribution < 1.29 is 13.2 Å². The molecule has 1 aromatic heterocycles. The van der Waals surface area contributed by atoms with Crippen LogP contribution in [-0.4, -0.2) is 16.3 Å². The molecule has 1 aliphatic heterocycles.